The number of likely N-dealkylation sites (N-methyl/N-ethyl adjacent to an activating group) is 1. The molecule has 0 bridgehead atoms. The maximum atomic E-state index is 5.28. The number of hydrogen-bond donors (Lipinski definition) is 1. The number of benzene rings is 1. The Morgan fingerprint density at radius 1 is 1.21 bits per heavy atom. The first-order chi connectivity index (χ1) is 9.31. The monoisotopic (exact) mass is 275 g/mol. The van der Waals surface area contributed by atoms with Crippen molar-refractivity contribution in [2.24, 2.45) is 0 Å². The van der Waals surface area contributed by atoms with Gasteiger partial charge in [-0.2, -0.15) is 11.3 Å². The van der Waals surface area contributed by atoms with E-state index in [1.165, 1.54) is 11.1 Å². The molecule has 0 aliphatic carbocycles. The molecule has 19 heavy (non-hydrogen) atoms. The lowest BCUT2D eigenvalue weighted by atomic mass is 10.0. The van der Waals surface area contributed by atoms with Crippen molar-refractivity contribution in [3.63, 3.8) is 0 Å². The van der Waals surface area contributed by atoms with Gasteiger partial charge in [-0.15, -0.1) is 0 Å². The van der Waals surface area contributed by atoms with E-state index in [0.29, 0.717) is 6.04 Å². The van der Waals surface area contributed by atoms with Gasteiger partial charge in [0.25, 0.3) is 0 Å². The molecule has 0 fully saturated rings. The predicted molar refractivity (Wildman–Crippen MR) is 82.2 cm³/mol. The molecular weight excluding hydrogens is 254 g/mol. The normalized spacial score (nSPS) is 12.3. The van der Waals surface area contributed by atoms with Gasteiger partial charge in [-0.1, -0.05) is 19.1 Å². The fourth-order valence-corrected chi connectivity index (χ4v) is 2.96. The molecular formula is C16H21NOS. The van der Waals surface area contributed by atoms with Gasteiger partial charge in [-0.3, -0.25) is 0 Å². The Labute approximate surface area is 119 Å². The van der Waals surface area contributed by atoms with Crippen molar-refractivity contribution in [3.8, 4) is 5.75 Å². The second kappa shape index (κ2) is 7.31. The summed E-state index contributed by atoms with van der Waals surface area (Å²) < 4.78 is 5.28. The Balaban J connectivity index is 2.02. The molecule has 0 saturated heterocycles. The van der Waals surface area contributed by atoms with Crippen molar-refractivity contribution in [2.45, 2.75) is 25.8 Å². The third-order valence-corrected chi connectivity index (χ3v) is 3.90. The molecule has 3 heteroatoms. The van der Waals surface area contributed by atoms with Crippen molar-refractivity contribution in [1.29, 1.82) is 0 Å². The van der Waals surface area contributed by atoms with E-state index in [2.05, 4.69) is 47.3 Å². The summed E-state index contributed by atoms with van der Waals surface area (Å²) in [5.41, 5.74) is 2.74. The van der Waals surface area contributed by atoms with Gasteiger partial charge in [0.05, 0.1) is 7.11 Å². The third-order valence-electron chi connectivity index (χ3n) is 3.17. The van der Waals surface area contributed by atoms with Crippen molar-refractivity contribution >= 4 is 11.3 Å². The molecule has 102 valence electrons. The maximum absolute atomic E-state index is 5.28. The Morgan fingerprint density at radius 3 is 2.74 bits per heavy atom. The number of methoxy groups -OCH3 is 1. The Kier molecular flexibility index (Phi) is 5.43. The molecule has 1 atom stereocenters. The largest absolute Gasteiger partial charge is 0.497 e. The molecule has 0 aliphatic heterocycles. The molecule has 0 spiro atoms. The summed E-state index contributed by atoms with van der Waals surface area (Å²) in [6.07, 6.45) is 2.11. The number of rotatable bonds is 7. The van der Waals surface area contributed by atoms with Crippen LogP contribution in [0, 0.1) is 0 Å². The SMILES string of the molecule is CCNC(Cc1ccsc1)Cc1cccc(OC)c1. The summed E-state index contributed by atoms with van der Waals surface area (Å²) in [5.74, 6) is 0.934. The highest BCUT2D eigenvalue weighted by molar-refractivity contribution is 7.07. The fraction of sp³-hybridized carbons (Fsp3) is 0.375. The van der Waals surface area contributed by atoms with Crippen LogP contribution in [0.25, 0.3) is 0 Å². The van der Waals surface area contributed by atoms with E-state index in [4.69, 9.17) is 4.74 Å². The van der Waals surface area contributed by atoms with Gasteiger partial charge in [0.15, 0.2) is 0 Å². The van der Waals surface area contributed by atoms with Gasteiger partial charge in [-0.25, -0.2) is 0 Å². The molecule has 2 rings (SSSR count). The molecule has 1 unspecified atom stereocenters. The van der Waals surface area contributed by atoms with Gasteiger partial charge >= 0.3 is 0 Å². The van der Waals surface area contributed by atoms with Crippen LogP contribution in [0.4, 0.5) is 0 Å². The lowest BCUT2D eigenvalue weighted by molar-refractivity contribution is 0.413. The number of hydrogen-bond acceptors (Lipinski definition) is 3. The van der Waals surface area contributed by atoms with Crippen LogP contribution in [-0.4, -0.2) is 19.7 Å². The molecule has 1 aromatic carbocycles. The zero-order valence-electron chi connectivity index (χ0n) is 11.6. The second-order valence-electron chi connectivity index (χ2n) is 4.65. The highest BCUT2D eigenvalue weighted by Crippen LogP contribution is 2.16. The highest BCUT2D eigenvalue weighted by Gasteiger charge is 2.10. The first-order valence-electron chi connectivity index (χ1n) is 6.69. The Hall–Kier alpha value is -1.32. The van der Waals surface area contributed by atoms with Crippen molar-refractivity contribution in [2.75, 3.05) is 13.7 Å². The second-order valence-corrected chi connectivity index (χ2v) is 5.43. The molecule has 2 aromatic rings. The maximum Gasteiger partial charge on any atom is 0.119 e. The van der Waals surface area contributed by atoms with Crippen molar-refractivity contribution < 1.29 is 4.74 Å². The summed E-state index contributed by atoms with van der Waals surface area (Å²) in [6, 6.07) is 11.0. The van der Waals surface area contributed by atoms with E-state index >= 15 is 0 Å². The quantitative estimate of drug-likeness (QED) is 0.835. The zero-order valence-corrected chi connectivity index (χ0v) is 12.4. The van der Waals surface area contributed by atoms with Gasteiger partial charge in [0.2, 0.25) is 0 Å². The van der Waals surface area contributed by atoms with Crippen LogP contribution in [-0.2, 0) is 12.8 Å². The molecule has 0 saturated carbocycles. The van der Waals surface area contributed by atoms with Crippen LogP contribution in [0.15, 0.2) is 41.1 Å². The molecule has 2 nitrogen and oxygen atoms in total. The van der Waals surface area contributed by atoms with Crippen LogP contribution >= 0.6 is 11.3 Å². The standard InChI is InChI=1S/C16H21NOS/c1-3-17-15(10-14-7-8-19-12-14)9-13-5-4-6-16(11-13)18-2/h4-8,11-12,15,17H,3,9-10H2,1-2H3. The van der Waals surface area contributed by atoms with Gasteiger partial charge < -0.3 is 10.1 Å². The summed E-state index contributed by atoms with van der Waals surface area (Å²) in [4.78, 5) is 0. The van der Waals surface area contributed by atoms with Gasteiger partial charge in [-0.05, 0) is 59.5 Å². The van der Waals surface area contributed by atoms with Gasteiger partial charge in [0, 0.05) is 6.04 Å². The molecule has 0 amide bonds. The third kappa shape index (κ3) is 4.37. The minimum atomic E-state index is 0.478. The lowest BCUT2D eigenvalue weighted by Crippen LogP contribution is -2.32. The first-order valence-corrected chi connectivity index (χ1v) is 7.63. The van der Waals surface area contributed by atoms with Gasteiger partial charge in [0.1, 0.15) is 5.75 Å². The minimum absolute atomic E-state index is 0.478. The van der Waals surface area contributed by atoms with Crippen LogP contribution in [0.5, 0.6) is 5.75 Å². The van der Waals surface area contributed by atoms with E-state index in [1.54, 1.807) is 18.4 Å². The number of nitrogens with one attached hydrogen (secondary N) is 1. The summed E-state index contributed by atoms with van der Waals surface area (Å²) in [7, 11) is 1.71. The molecule has 0 aliphatic rings. The zero-order chi connectivity index (χ0) is 13.5. The highest BCUT2D eigenvalue weighted by atomic mass is 32.1. The topological polar surface area (TPSA) is 21.3 Å². The number of ether oxygens (including phenoxy) is 1. The summed E-state index contributed by atoms with van der Waals surface area (Å²) in [6.45, 7) is 3.16. The van der Waals surface area contributed by atoms with Crippen LogP contribution in [0.2, 0.25) is 0 Å². The van der Waals surface area contributed by atoms with E-state index in [0.717, 1.165) is 25.1 Å². The molecule has 0 radical (unpaired) electrons. The summed E-state index contributed by atoms with van der Waals surface area (Å²) >= 11 is 1.76. The van der Waals surface area contributed by atoms with E-state index in [1.807, 2.05) is 6.07 Å². The van der Waals surface area contributed by atoms with E-state index in [-0.39, 0.29) is 0 Å². The molecule has 1 N–H and O–H groups in total. The van der Waals surface area contributed by atoms with Crippen LogP contribution in [0.3, 0.4) is 0 Å². The average Bonchev–Trinajstić information content (AvgIpc) is 2.92. The van der Waals surface area contributed by atoms with E-state index in [9.17, 15) is 0 Å². The van der Waals surface area contributed by atoms with Crippen molar-refractivity contribution in [1.82, 2.24) is 5.32 Å². The van der Waals surface area contributed by atoms with Crippen LogP contribution in [0.1, 0.15) is 18.1 Å². The lowest BCUT2D eigenvalue weighted by Gasteiger charge is -2.17. The number of thiophene rings is 1. The van der Waals surface area contributed by atoms with Crippen LogP contribution < -0.4 is 10.1 Å². The minimum Gasteiger partial charge on any atom is -0.497 e. The van der Waals surface area contributed by atoms with E-state index < -0.39 is 0 Å². The fourth-order valence-electron chi connectivity index (χ4n) is 2.28. The Morgan fingerprint density at radius 2 is 2.05 bits per heavy atom. The molecule has 1 aromatic heterocycles. The smallest absolute Gasteiger partial charge is 0.119 e. The molecule has 1 heterocycles. The predicted octanol–water partition coefficient (Wildman–Crippen LogP) is 3.52. The average molecular weight is 275 g/mol. The Bertz CT molecular complexity index is 481. The van der Waals surface area contributed by atoms with Crippen molar-refractivity contribution in [3.05, 3.63) is 52.2 Å². The summed E-state index contributed by atoms with van der Waals surface area (Å²) in [5, 5.41) is 7.95. The first kappa shape index (κ1) is 14.1.